The average Bonchev–Trinajstić information content (AvgIpc) is 3.19. The molecule has 0 N–H and O–H groups in total. The number of hydrogen-bond acceptors (Lipinski definition) is 2. The Morgan fingerprint density at radius 1 is 1.00 bits per heavy atom. The van der Waals surface area contributed by atoms with E-state index in [4.69, 9.17) is 23.2 Å². The predicted molar refractivity (Wildman–Crippen MR) is 97.9 cm³/mol. The van der Waals surface area contributed by atoms with Crippen LogP contribution in [0.15, 0.2) is 42.5 Å². The van der Waals surface area contributed by atoms with Gasteiger partial charge in [-0.3, -0.25) is 14.6 Å². The Labute approximate surface area is 164 Å². The van der Waals surface area contributed by atoms with Gasteiger partial charge < -0.3 is 0 Å². The van der Waals surface area contributed by atoms with E-state index in [9.17, 15) is 18.0 Å². The van der Waals surface area contributed by atoms with Crippen LogP contribution in [0.25, 0.3) is 0 Å². The van der Waals surface area contributed by atoms with Crippen LogP contribution in [-0.4, -0.2) is 23.4 Å². The molecule has 3 nitrogen and oxygen atoms in total. The quantitative estimate of drug-likeness (QED) is 0.645. The number of benzene rings is 2. The van der Waals surface area contributed by atoms with Crippen LogP contribution in [0.2, 0.25) is 10.0 Å². The normalized spacial score (nSPS) is 23.1. The lowest BCUT2D eigenvalue weighted by molar-refractivity contribution is -0.137. The highest BCUT2D eigenvalue weighted by Gasteiger charge is 2.49. The molecule has 2 saturated heterocycles. The minimum absolute atomic E-state index is 0.0733. The van der Waals surface area contributed by atoms with Crippen LogP contribution in [-0.2, 0) is 11.0 Å². The van der Waals surface area contributed by atoms with Crippen molar-refractivity contribution in [2.24, 2.45) is 0 Å². The van der Waals surface area contributed by atoms with Gasteiger partial charge in [0.2, 0.25) is 5.91 Å². The van der Waals surface area contributed by atoms with Gasteiger partial charge in [0.15, 0.2) is 0 Å². The van der Waals surface area contributed by atoms with Gasteiger partial charge in [-0.1, -0.05) is 35.3 Å². The second kappa shape index (κ2) is 6.69. The van der Waals surface area contributed by atoms with E-state index in [0.29, 0.717) is 27.8 Å². The van der Waals surface area contributed by atoms with E-state index in [2.05, 4.69) is 0 Å². The second-order valence-electron chi connectivity index (χ2n) is 6.70. The third kappa shape index (κ3) is 3.20. The van der Waals surface area contributed by atoms with Crippen LogP contribution in [0.5, 0.6) is 0 Å². The predicted octanol–water partition coefficient (Wildman–Crippen LogP) is 5.52. The summed E-state index contributed by atoms with van der Waals surface area (Å²) >= 11 is 12.1. The molecule has 0 saturated carbocycles. The maximum absolute atomic E-state index is 13.0. The van der Waals surface area contributed by atoms with Crippen molar-refractivity contribution in [1.29, 1.82) is 0 Å². The fourth-order valence-electron chi connectivity index (χ4n) is 3.86. The molecule has 0 aromatic heterocycles. The Morgan fingerprint density at radius 3 is 2.33 bits per heavy atom. The molecular weight excluding hydrogens is 400 g/mol. The minimum atomic E-state index is -4.40. The number of rotatable bonds is 2. The fraction of sp³-hybridized carbons (Fsp3) is 0.316. The summed E-state index contributed by atoms with van der Waals surface area (Å²) in [5, 5.41) is 0.693. The topological polar surface area (TPSA) is 23.6 Å². The van der Waals surface area contributed by atoms with Crippen molar-refractivity contribution >= 4 is 34.8 Å². The Balaban J connectivity index is 1.77. The van der Waals surface area contributed by atoms with Crippen LogP contribution < -0.4 is 4.90 Å². The summed E-state index contributed by atoms with van der Waals surface area (Å²) in [4.78, 5) is 16.7. The first-order valence-corrected chi connectivity index (χ1v) is 9.24. The summed E-state index contributed by atoms with van der Waals surface area (Å²) in [6.45, 7) is 0.708. The summed E-state index contributed by atoms with van der Waals surface area (Å²) in [5.41, 5.74) is 0.496. The molecule has 2 aromatic carbocycles. The van der Waals surface area contributed by atoms with Crippen molar-refractivity contribution in [3.05, 3.63) is 63.6 Å². The molecule has 4 rings (SSSR count). The van der Waals surface area contributed by atoms with Crippen LogP contribution in [0.4, 0.5) is 18.9 Å². The van der Waals surface area contributed by atoms with E-state index in [1.54, 1.807) is 23.1 Å². The largest absolute Gasteiger partial charge is 0.416 e. The van der Waals surface area contributed by atoms with E-state index in [-0.39, 0.29) is 11.9 Å². The van der Waals surface area contributed by atoms with E-state index in [1.165, 1.54) is 12.1 Å². The molecule has 0 bridgehead atoms. The average molecular weight is 415 g/mol. The zero-order valence-corrected chi connectivity index (χ0v) is 15.5. The fourth-order valence-corrected chi connectivity index (χ4v) is 4.16. The van der Waals surface area contributed by atoms with Crippen molar-refractivity contribution < 1.29 is 18.0 Å². The molecule has 2 fully saturated rings. The van der Waals surface area contributed by atoms with Crippen molar-refractivity contribution in [3.8, 4) is 0 Å². The van der Waals surface area contributed by atoms with E-state index >= 15 is 0 Å². The monoisotopic (exact) mass is 414 g/mol. The molecule has 2 heterocycles. The lowest BCUT2D eigenvalue weighted by Gasteiger charge is -2.30. The Morgan fingerprint density at radius 2 is 1.70 bits per heavy atom. The Bertz CT molecular complexity index is 886. The molecule has 142 valence electrons. The van der Waals surface area contributed by atoms with Crippen molar-refractivity contribution in [2.75, 3.05) is 11.4 Å². The molecule has 2 aliphatic rings. The molecule has 0 aliphatic carbocycles. The van der Waals surface area contributed by atoms with Crippen LogP contribution >= 0.6 is 23.2 Å². The van der Waals surface area contributed by atoms with Gasteiger partial charge in [0.1, 0.15) is 6.17 Å². The Kier molecular flexibility index (Phi) is 4.61. The van der Waals surface area contributed by atoms with Crippen LogP contribution in [0.1, 0.15) is 30.1 Å². The summed E-state index contributed by atoms with van der Waals surface area (Å²) in [6.07, 6.45) is -3.26. The molecule has 2 atom stereocenters. The number of carbonyl (C=O) groups excluding carboxylic acids is 1. The molecule has 0 radical (unpaired) electrons. The Hall–Kier alpha value is -1.76. The standard InChI is InChI=1S/C19H15Cl2F3N2O/c20-14-8-7-13(10-15(14)21)26-17(25-9-1-2-16(25)18(26)27)11-3-5-12(6-4-11)19(22,23)24/h3-8,10,16-17H,1-2,9H2/t16-,17-/m0/s1. The first-order chi connectivity index (χ1) is 12.8. The van der Waals surface area contributed by atoms with E-state index in [1.807, 2.05) is 4.90 Å². The van der Waals surface area contributed by atoms with Crippen molar-refractivity contribution in [1.82, 2.24) is 4.90 Å². The number of halogens is 5. The third-order valence-corrected chi connectivity index (χ3v) is 5.83. The van der Waals surface area contributed by atoms with Gasteiger partial charge in [-0.2, -0.15) is 13.2 Å². The number of alkyl halides is 3. The molecule has 2 aromatic rings. The molecule has 1 amide bonds. The van der Waals surface area contributed by atoms with Gasteiger partial charge in [-0.15, -0.1) is 0 Å². The van der Waals surface area contributed by atoms with Gasteiger partial charge in [0.05, 0.1) is 21.7 Å². The summed E-state index contributed by atoms with van der Waals surface area (Å²) in [5.74, 6) is -0.0733. The zero-order valence-electron chi connectivity index (χ0n) is 14.0. The van der Waals surface area contributed by atoms with Gasteiger partial charge in [-0.05, 0) is 48.7 Å². The van der Waals surface area contributed by atoms with Crippen molar-refractivity contribution in [3.63, 3.8) is 0 Å². The maximum Gasteiger partial charge on any atom is 0.416 e. The number of fused-ring (bicyclic) bond motifs is 1. The molecule has 0 spiro atoms. The van der Waals surface area contributed by atoms with Gasteiger partial charge in [0, 0.05) is 12.2 Å². The smallest absolute Gasteiger partial charge is 0.290 e. The number of hydrogen-bond donors (Lipinski definition) is 0. The van der Waals surface area contributed by atoms with Crippen LogP contribution in [0.3, 0.4) is 0 Å². The number of anilines is 1. The lowest BCUT2D eigenvalue weighted by atomic mass is 10.1. The van der Waals surface area contributed by atoms with Gasteiger partial charge in [-0.25, -0.2) is 0 Å². The lowest BCUT2D eigenvalue weighted by Crippen LogP contribution is -2.32. The van der Waals surface area contributed by atoms with E-state index in [0.717, 1.165) is 25.0 Å². The molecule has 2 aliphatic heterocycles. The minimum Gasteiger partial charge on any atom is -0.290 e. The maximum atomic E-state index is 13.0. The SMILES string of the molecule is O=C1[C@@H]2CCCN2[C@H](c2ccc(C(F)(F)F)cc2)N1c1ccc(Cl)c(Cl)c1. The van der Waals surface area contributed by atoms with Crippen molar-refractivity contribution in [2.45, 2.75) is 31.2 Å². The highest BCUT2D eigenvalue weighted by molar-refractivity contribution is 6.42. The highest BCUT2D eigenvalue weighted by atomic mass is 35.5. The zero-order chi connectivity index (χ0) is 19.3. The number of nitrogens with zero attached hydrogens (tertiary/aromatic N) is 2. The molecule has 27 heavy (non-hydrogen) atoms. The molecule has 0 unspecified atom stereocenters. The highest BCUT2D eigenvalue weighted by Crippen LogP contribution is 2.44. The van der Waals surface area contributed by atoms with Gasteiger partial charge >= 0.3 is 6.18 Å². The van der Waals surface area contributed by atoms with Gasteiger partial charge in [0.25, 0.3) is 0 Å². The number of carbonyl (C=O) groups is 1. The number of amides is 1. The molecule has 8 heteroatoms. The summed E-state index contributed by atoms with van der Waals surface area (Å²) in [7, 11) is 0. The summed E-state index contributed by atoms with van der Waals surface area (Å²) < 4.78 is 38.7. The molecular formula is C19H15Cl2F3N2O. The first kappa shape index (κ1) is 18.6. The first-order valence-electron chi connectivity index (χ1n) is 8.48. The summed E-state index contributed by atoms with van der Waals surface area (Å²) in [6, 6.07) is 9.63. The van der Waals surface area contributed by atoms with E-state index < -0.39 is 17.9 Å². The third-order valence-electron chi connectivity index (χ3n) is 5.09. The van der Waals surface area contributed by atoms with Crippen LogP contribution in [0, 0.1) is 0 Å². The second-order valence-corrected chi connectivity index (χ2v) is 7.51.